The van der Waals surface area contributed by atoms with Crippen LogP contribution in [0.25, 0.3) is 0 Å². The molecule has 2 aliphatic carbocycles. The molecule has 2 heterocycles. The predicted octanol–water partition coefficient (Wildman–Crippen LogP) is 2.74. The van der Waals surface area contributed by atoms with Gasteiger partial charge in [0.15, 0.2) is 0 Å². The van der Waals surface area contributed by atoms with E-state index in [4.69, 9.17) is 4.84 Å². The molecule has 2 saturated carbocycles. The van der Waals surface area contributed by atoms with Gasteiger partial charge < -0.3 is 0 Å². The van der Waals surface area contributed by atoms with Gasteiger partial charge in [0.05, 0.1) is 5.60 Å². The van der Waals surface area contributed by atoms with Gasteiger partial charge in [-0.1, -0.05) is 12.8 Å². The maximum atomic E-state index is 6.37. The molecule has 4 rings (SSSR count). The summed E-state index contributed by atoms with van der Waals surface area (Å²) in [5.41, 5.74) is 0.725. The van der Waals surface area contributed by atoms with E-state index in [0.29, 0.717) is 11.1 Å². The van der Waals surface area contributed by atoms with Crippen LogP contribution in [0, 0.1) is 11.8 Å². The SMILES string of the molecule is C[C@]12CCCN1OC1(C2)C2CCCCC21. The van der Waals surface area contributed by atoms with E-state index in [1.165, 1.54) is 51.5 Å². The molecule has 4 fully saturated rings. The number of nitrogens with zero attached hydrogens (tertiary/aromatic N) is 1. The fraction of sp³-hybridized carbons (Fsp3) is 1.00. The lowest BCUT2D eigenvalue weighted by Crippen LogP contribution is -2.33. The zero-order valence-electron chi connectivity index (χ0n) is 9.67. The summed E-state index contributed by atoms with van der Waals surface area (Å²) in [6.45, 7) is 3.59. The van der Waals surface area contributed by atoms with Gasteiger partial charge in [-0.15, -0.1) is 0 Å². The summed E-state index contributed by atoms with van der Waals surface area (Å²) < 4.78 is 0. The fourth-order valence-corrected chi connectivity index (χ4v) is 4.76. The second kappa shape index (κ2) is 2.60. The zero-order valence-corrected chi connectivity index (χ0v) is 9.67. The first-order valence-electron chi connectivity index (χ1n) is 6.71. The maximum Gasteiger partial charge on any atom is 0.0981 e. The van der Waals surface area contributed by atoms with Crippen LogP contribution >= 0.6 is 0 Å². The highest BCUT2D eigenvalue weighted by Crippen LogP contribution is 2.68. The lowest BCUT2D eigenvalue weighted by Gasteiger charge is -2.23. The average molecular weight is 207 g/mol. The molecule has 2 heteroatoms. The van der Waals surface area contributed by atoms with Crippen LogP contribution < -0.4 is 0 Å². The van der Waals surface area contributed by atoms with Crippen LogP contribution in [0.2, 0.25) is 0 Å². The fourth-order valence-electron chi connectivity index (χ4n) is 4.76. The third kappa shape index (κ3) is 0.980. The smallest absolute Gasteiger partial charge is 0.0981 e. The third-order valence-electron chi connectivity index (χ3n) is 5.53. The first-order chi connectivity index (χ1) is 7.25. The third-order valence-corrected chi connectivity index (χ3v) is 5.53. The molecular formula is C13H21NO. The summed E-state index contributed by atoms with van der Waals surface area (Å²) in [4.78, 5) is 6.37. The zero-order chi connectivity index (χ0) is 10.1. The van der Waals surface area contributed by atoms with Gasteiger partial charge in [-0.25, -0.2) is 0 Å². The van der Waals surface area contributed by atoms with Crippen molar-refractivity contribution in [1.82, 2.24) is 5.06 Å². The van der Waals surface area contributed by atoms with Crippen molar-refractivity contribution in [2.24, 2.45) is 11.8 Å². The van der Waals surface area contributed by atoms with Crippen molar-refractivity contribution in [1.29, 1.82) is 0 Å². The maximum absolute atomic E-state index is 6.37. The molecule has 2 unspecified atom stereocenters. The summed E-state index contributed by atoms with van der Waals surface area (Å²) >= 11 is 0. The highest BCUT2D eigenvalue weighted by atomic mass is 16.7. The van der Waals surface area contributed by atoms with Crippen molar-refractivity contribution < 1.29 is 4.84 Å². The van der Waals surface area contributed by atoms with Crippen molar-refractivity contribution in [3.63, 3.8) is 0 Å². The highest BCUT2D eigenvalue weighted by molar-refractivity contribution is 5.20. The standard InChI is InChI=1S/C13H21NO/c1-12-7-4-8-14(12)15-13(9-12)10-5-2-3-6-11(10)13/h10-11H,2-9H2,1H3/t10?,11?,12-,13?/m1/s1. The van der Waals surface area contributed by atoms with E-state index in [1.807, 2.05) is 0 Å². The van der Waals surface area contributed by atoms with E-state index in [1.54, 1.807) is 0 Å². The minimum Gasteiger partial charge on any atom is -0.291 e. The summed E-state index contributed by atoms with van der Waals surface area (Å²) in [7, 11) is 0. The molecule has 1 spiro atoms. The molecule has 2 aliphatic heterocycles. The first kappa shape index (κ1) is 9.00. The molecule has 2 nitrogen and oxygen atoms in total. The Morgan fingerprint density at radius 3 is 2.53 bits per heavy atom. The van der Waals surface area contributed by atoms with Crippen molar-refractivity contribution in [3.8, 4) is 0 Å². The molecule has 0 aromatic rings. The second-order valence-corrected chi connectivity index (χ2v) is 6.42. The van der Waals surface area contributed by atoms with Gasteiger partial charge in [-0.05, 0) is 50.9 Å². The summed E-state index contributed by atoms with van der Waals surface area (Å²) in [5, 5.41) is 2.34. The van der Waals surface area contributed by atoms with Gasteiger partial charge in [0.1, 0.15) is 0 Å². The Bertz CT molecular complexity index is 291. The Kier molecular flexibility index (Phi) is 1.56. The van der Waals surface area contributed by atoms with Gasteiger partial charge in [-0.2, -0.15) is 5.06 Å². The molecule has 2 saturated heterocycles. The number of hydroxylamine groups is 2. The molecule has 84 valence electrons. The van der Waals surface area contributed by atoms with Gasteiger partial charge in [-0.3, -0.25) is 4.84 Å². The molecular weight excluding hydrogens is 186 g/mol. The van der Waals surface area contributed by atoms with E-state index in [-0.39, 0.29) is 0 Å². The lowest BCUT2D eigenvalue weighted by atomic mass is 9.91. The van der Waals surface area contributed by atoms with Crippen LogP contribution in [-0.4, -0.2) is 22.7 Å². The van der Waals surface area contributed by atoms with Crippen molar-refractivity contribution in [3.05, 3.63) is 0 Å². The monoisotopic (exact) mass is 207 g/mol. The molecule has 0 radical (unpaired) electrons. The van der Waals surface area contributed by atoms with E-state index < -0.39 is 0 Å². The van der Waals surface area contributed by atoms with Crippen molar-refractivity contribution in [2.45, 2.75) is 63.0 Å². The number of hydrogen-bond donors (Lipinski definition) is 0. The molecule has 0 aromatic heterocycles. The quantitative estimate of drug-likeness (QED) is 0.605. The Balaban J connectivity index is 1.62. The average Bonchev–Trinajstić information content (AvgIpc) is 2.50. The van der Waals surface area contributed by atoms with Crippen molar-refractivity contribution >= 4 is 0 Å². The van der Waals surface area contributed by atoms with Gasteiger partial charge in [0, 0.05) is 12.1 Å². The van der Waals surface area contributed by atoms with Crippen molar-refractivity contribution in [2.75, 3.05) is 6.54 Å². The number of fused-ring (bicyclic) bond motifs is 4. The number of hydrogen-bond acceptors (Lipinski definition) is 2. The lowest BCUT2D eigenvalue weighted by molar-refractivity contribution is -0.183. The Morgan fingerprint density at radius 1 is 1.13 bits per heavy atom. The van der Waals surface area contributed by atoms with Gasteiger partial charge >= 0.3 is 0 Å². The molecule has 15 heavy (non-hydrogen) atoms. The van der Waals surface area contributed by atoms with Gasteiger partial charge in [0.25, 0.3) is 0 Å². The van der Waals surface area contributed by atoms with E-state index in [0.717, 1.165) is 11.8 Å². The van der Waals surface area contributed by atoms with E-state index >= 15 is 0 Å². The normalized spacial score (nSPS) is 58.2. The molecule has 0 aromatic carbocycles. The largest absolute Gasteiger partial charge is 0.291 e. The van der Waals surface area contributed by atoms with Crippen LogP contribution in [0.1, 0.15) is 51.9 Å². The summed E-state index contributed by atoms with van der Waals surface area (Å²) in [6, 6.07) is 0. The van der Waals surface area contributed by atoms with Crippen LogP contribution in [0.3, 0.4) is 0 Å². The van der Waals surface area contributed by atoms with Crippen LogP contribution in [0.5, 0.6) is 0 Å². The topological polar surface area (TPSA) is 12.5 Å². The number of rotatable bonds is 0. The molecule has 4 aliphatic rings. The molecule has 0 bridgehead atoms. The summed E-state index contributed by atoms with van der Waals surface area (Å²) in [6.07, 6.45) is 9.79. The van der Waals surface area contributed by atoms with E-state index in [9.17, 15) is 0 Å². The molecule has 3 atom stereocenters. The Labute approximate surface area is 91.9 Å². The summed E-state index contributed by atoms with van der Waals surface area (Å²) in [5.74, 6) is 1.85. The molecule has 0 N–H and O–H groups in total. The minimum atomic E-state index is 0.325. The Hall–Kier alpha value is -0.0800. The second-order valence-electron chi connectivity index (χ2n) is 6.42. The molecule has 0 amide bonds. The van der Waals surface area contributed by atoms with Crippen LogP contribution in [0.4, 0.5) is 0 Å². The highest BCUT2D eigenvalue weighted by Gasteiger charge is 2.73. The van der Waals surface area contributed by atoms with Crippen LogP contribution in [-0.2, 0) is 4.84 Å². The Morgan fingerprint density at radius 2 is 1.87 bits per heavy atom. The van der Waals surface area contributed by atoms with Crippen LogP contribution in [0.15, 0.2) is 0 Å². The first-order valence-corrected chi connectivity index (χ1v) is 6.71. The predicted molar refractivity (Wildman–Crippen MR) is 58.2 cm³/mol. The van der Waals surface area contributed by atoms with E-state index in [2.05, 4.69) is 12.0 Å². The minimum absolute atomic E-state index is 0.325. The van der Waals surface area contributed by atoms with Gasteiger partial charge in [0.2, 0.25) is 0 Å².